The van der Waals surface area contributed by atoms with Crippen LogP contribution in [0.1, 0.15) is 11.9 Å². The van der Waals surface area contributed by atoms with Gasteiger partial charge in [-0.25, -0.2) is 4.79 Å². The number of rotatable bonds is 6. The van der Waals surface area contributed by atoms with Crippen LogP contribution in [0.3, 0.4) is 0 Å². The molecule has 0 fully saturated rings. The lowest BCUT2D eigenvalue weighted by Crippen LogP contribution is -2.19. The van der Waals surface area contributed by atoms with Crippen LogP contribution in [0.5, 0.6) is 23.0 Å². The summed E-state index contributed by atoms with van der Waals surface area (Å²) in [5.74, 6) is 2.36. The van der Waals surface area contributed by atoms with Crippen molar-refractivity contribution in [1.82, 2.24) is 10.3 Å². The van der Waals surface area contributed by atoms with Gasteiger partial charge in [-0.3, -0.25) is 10.3 Å². The number of hydrogen-bond acceptors (Lipinski definition) is 7. The first-order valence-electron chi connectivity index (χ1n) is 9.17. The number of pyridine rings is 1. The Bertz CT molecular complexity index is 1040. The maximum absolute atomic E-state index is 12.2. The summed E-state index contributed by atoms with van der Waals surface area (Å²) in [6.45, 7) is 0.177. The van der Waals surface area contributed by atoms with E-state index in [1.54, 1.807) is 67.8 Å². The summed E-state index contributed by atoms with van der Waals surface area (Å²) in [5.41, 5.74) is 1.64. The van der Waals surface area contributed by atoms with Crippen LogP contribution in [-0.2, 0) is 0 Å². The van der Waals surface area contributed by atoms with Crippen molar-refractivity contribution >= 4 is 17.4 Å². The number of carbonyl (C=O) groups excluding carboxylic acids is 1. The zero-order chi connectivity index (χ0) is 20.9. The topological polar surface area (TPSA) is 114 Å². The largest absolute Gasteiger partial charge is 0.457 e. The van der Waals surface area contributed by atoms with Crippen molar-refractivity contribution in [1.29, 1.82) is 0 Å². The Morgan fingerprint density at radius 2 is 1.73 bits per heavy atom. The third-order valence-electron chi connectivity index (χ3n) is 4.28. The predicted octanol–water partition coefficient (Wildman–Crippen LogP) is 3.46. The highest BCUT2D eigenvalue weighted by Gasteiger charge is 2.14. The van der Waals surface area contributed by atoms with E-state index in [1.165, 1.54) is 0 Å². The average molecular weight is 408 g/mol. The normalized spacial score (nSPS) is 12.9. The Kier molecular flexibility index (Phi) is 5.64. The number of benzene rings is 2. The number of aromatic nitrogens is 1. The smallest absolute Gasteiger partial charge is 0.323 e. The van der Waals surface area contributed by atoms with Crippen LogP contribution < -0.4 is 30.2 Å². The van der Waals surface area contributed by atoms with Gasteiger partial charge < -0.3 is 30.0 Å². The minimum atomic E-state index is -0.872. The van der Waals surface area contributed by atoms with Crippen molar-refractivity contribution in [3.05, 3.63) is 66.5 Å². The SMILES string of the molecule is CNC(O)c1cc(Oc2ccc(NC(=O)Nc3ccc4c(c3)OCO4)cc2)ccn1. The van der Waals surface area contributed by atoms with Gasteiger partial charge in [0.05, 0.1) is 5.69 Å². The number of anilines is 2. The van der Waals surface area contributed by atoms with Gasteiger partial charge in [0, 0.05) is 29.7 Å². The molecule has 4 rings (SSSR count). The first-order valence-corrected chi connectivity index (χ1v) is 9.17. The third-order valence-corrected chi connectivity index (χ3v) is 4.28. The molecule has 0 radical (unpaired) electrons. The summed E-state index contributed by atoms with van der Waals surface area (Å²) < 4.78 is 16.3. The molecule has 2 aromatic carbocycles. The molecule has 30 heavy (non-hydrogen) atoms. The number of urea groups is 1. The Morgan fingerprint density at radius 3 is 2.53 bits per heavy atom. The van der Waals surface area contributed by atoms with E-state index < -0.39 is 6.23 Å². The lowest BCUT2D eigenvalue weighted by Gasteiger charge is -2.11. The van der Waals surface area contributed by atoms with Gasteiger partial charge in [-0.1, -0.05) is 0 Å². The maximum Gasteiger partial charge on any atom is 0.323 e. The van der Waals surface area contributed by atoms with E-state index in [4.69, 9.17) is 14.2 Å². The van der Waals surface area contributed by atoms with Crippen LogP contribution in [0.2, 0.25) is 0 Å². The summed E-state index contributed by atoms with van der Waals surface area (Å²) in [6, 6.07) is 15.0. The van der Waals surface area contributed by atoms with Crippen molar-refractivity contribution in [2.24, 2.45) is 0 Å². The van der Waals surface area contributed by atoms with Crippen LogP contribution in [0, 0.1) is 0 Å². The second kappa shape index (κ2) is 8.68. The van der Waals surface area contributed by atoms with Crippen LogP contribution in [0.4, 0.5) is 16.2 Å². The lowest BCUT2D eigenvalue weighted by atomic mass is 10.2. The molecule has 2 heterocycles. The van der Waals surface area contributed by atoms with Crippen LogP contribution in [-0.4, -0.2) is 30.0 Å². The predicted molar refractivity (Wildman–Crippen MR) is 110 cm³/mol. The fraction of sp³-hybridized carbons (Fsp3) is 0.143. The molecular weight excluding hydrogens is 388 g/mol. The van der Waals surface area contributed by atoms with E-state index in [1.807, 2.05) is 0 Å². The highest BCUT2D eigenvalue weighted by Crippen LogP contribution is 2.34. The molecule has 0 saturated carbocycles. The summed E-state index contributed by atoms with van der Waals surface area (Å²) in [6.07, 6.45) is 0.685. The molecule has 0 aliphatic carbocycles. The molecule has 1 aliphatic heterocycles. The van der Waals surface area contributed by atoms with Gasteiger partial charge in [0.15, 0.2) is 11.5 Å². The highest BCUT2D eigenvalue weighted by molar-refractivity contribution is 5.99. The molecular formula is C21H20N4O5. The van der Waals surface area contributed by atoms with Gasteiger partial charge >= 0.3 is 6.03 Å². The number of ether oxygens (including phenoxy) is 3. The maximum atomic E-state index is 12.2. The number of nitrogens with zero attached hydrogens (tertiary/aromatic N) is 1. The van der Waals surface area contributed by atoms with Gasteiger partial charge in [0.1, 0.15) is 17.7 Å². The minimum absolute atomic E-state index is 0.177. The second-order valence-electron chi connectivity index (χ2n) is 6.38. The second-order valence-corrected chi connectivity index (χ2v) is 6.38. The first kappa shape index (κ1) is 19.5. The fourth-order valence-electron chi connectivity index (χ4n) is 2.80. The van der Waals surface area contributed by atoms with E-state index >= 15 is 0 Å². The Labute approximate surface area is 172 Å². The Balaban J connectivity index is 1.35. The molecule has 0 spiro atoms. The average Bonchev–Trinajstić information content (AvgIpc) is 3.22. The van der Waals surface area contributed by atoms with Gasteiger partial charge in [-0.05, 0) is 49.5 Å². The number of aliphatic hydroxyl groups excluding tert-OH is 1. The minimum Gasteiger partial charge on any atom is -0.457 e. The lowest BCUT2D eigenvalue weighted by molar-refractivity contribution is 0.144. The number of aliphatic hydroxyl groups is 1. The molecule has 1 atom stereocenters. The van der Waals surface area contributed by atoms with Gasteiger partial charge in [0.2, 0.25) is 6.79 Å². The number of fused-ring (bicyclic) bond motifs is 1. The van der Waals surface area contributed by atoms with Crippen LogP contribution in [0.25, 0.3) is 0 Å². The summed E-state index contributed by atoms with van der Waals surface area (Å²) in [5, 5.41) is 18.0. The van der Waals surface area contributed by atoms with Crippen molar-refractivity contribution in [3.63, 3.8) is 0 Å². The quantitative estimate of drug-likeness (QED) is 0.462. The zero-order valence-corrected chi connectivity index (χ0v) is 16.1. The standard InChI is InChI=1S/C21H20N4O5/c1-22-20(26)17-11-16(8-9-23-17)30-15-5-2-13(3-6-15)24-21(27)25-14-4-7-18-19(10-14)29-12-28-18/h2-11,20,22,26H,12H2,1H3,(H2,24,25,27). The Morgan fingerprint density at radius 1 is 1.00 bits per heavy atom. The fourth-order valence-corrected chi connectivity index (χ4v) is 2.80. The molecule has 0 saturated heterocycles. The molecule has 4 N–H and O–H groups in total. The number of hydrogen-bond donors (Lipinski definition) is 4. The molecule has 2 amide bonds. The number of nitrogens with one attached hydrogen (secondary N) is 3. The molecule has 1 aliphatic rings. The van der Waals surface area contributed by atoms with Crippen LogP contribution in [0.15, 0.2) is 60.8 Å². The van der Waals surface area contributed by atoms with Crippen molar-refractivity contribution in [3.8, 4) is 23.0 Å². The van der Waals surface area contributed by atoms with Crippen molar-refractivity contribution < 1.29 is 24.1 Å². The Hall–Kier alpha value is -3.82. The molecule has 1 unspecified atom stereocenters. The van der Waals surface area contributed by atoms with Crippen LogP contribution >= 0.6 is 0 Å². The van der Waals surface area contributed by atoms with E-state index in [0.717, 1.165) is 0 Å². The molecule has 1 aromatic heterocycles. The monoisotopic (exact) mass is 408 g/mol. The number of carbonyl (C=O) groups is 1. The zero-order valence-electron chi connectivity index (χ0n) is 16.1. The summed E-state index contributed by atoms with van der Waals surface area (Å²) in [7, 11) is 1.63. The molecule has 0 bridgehead atoms. The van der Waals surface area contributed by atoms with E-state index in [0.29, 0.717) is 40.1 Å². The van der Waals surface area contributed by atoms with E-state index in [2.05, 4.69) is 20.9 Å². The third kappa shape index (κ3) is 4.59. The van der Waals surface area contributed by atoms with Crippen molar-refractivity contribution in [2.75, 3.05) is 24.5 Å². The molecule has 9 heteroatoms. The highest BCUT2D eigenvalue weighted by atomic mass is 16.7. The first-order chi connectivity index (χ1) is 14.6. The van der Waals surface area contributed by atoms with Gasteiger partial charge in [-0.15, -0.1) is 0 Å². The molecule has 3 aromatic rings. The van der Waals surface area contributed by atoms with Gasteiger partial charge in [0.25, 0.3) is 0 Å². The van der Waals surface area contributed by atoms with Gasteiger partial charge in [-0.2, -0.15) is 0 Å². The van der Waals surface area contributed by atoms with E-state index in [-0.39, 0.29) is 12.8 Å². The van der Waals surface area contributed by atoms with Crippen molar-refractivity contribution in [2.45, 2.75) is 6.23 Å². The molecule has 9 nitrogen and oxygen atoms in total. The number of amides is 2. The van der Waals surface area contributed by atoms with E-state index in [9.17, 15) is 9.90 Å². The summed E-state index contributed by atoms with van der Waals surface area (Å²) >= 11 is 0. The summed E-state index contributed by atoms with van der Waals surface area (Å²) in [4.78, 5) is 16.3. The molecule has 154 valence electrons.